The van der Waals surface area contributed by atoms with Crippen LogP contribution in [-0.2, 0) is 4.79 Å². The number of hydrazine groups is 1. The number of benzene rings is 1. The lowest BCUT2D eigenvalue weighted by molar-refractivity contribution is -0.384. The van der Waals surface area contributed by atoms with Crippen LogP contribution in [0.3, 0.4) is 0 Å². The fourth-order valence-electron chi connectivity index (χ4n) is 1.07. The standard InChI is InChI=1S/C9H11N3O5/c1-16-8-4-6(12(14)15)2-3-7(8)17-5-9(13)11-10/h2-4H,5,10H2,1H3,(H,11,13). The van der Waals surface area contributed by atoms with Crippen LogP contribution in [0.4, 0.5) is 5.69 Å². The van der Waals surface area contributed by atoms with Gasteiger partial charge in [-0.2, -0.15) is 0 Å². The van der Waals surface area contributed by atoms with E-state index in [1.807, 2.05) is 5.43 Å². The van der Waals surface area contributed by atoms with Crippen LogP contribution in [-0.4, -0.2) is 24.5 Å². The largest absolute Gasteiger partial charge is 0.493 e. The van der Waals surface area contributed by atoms with Crippen LogP contribution in [0.15, 0.2) is 18.2 Å². The molecule has 1 aromatic carbocycles. The first-order valence-electron chi connectivity index (χ1n) is 4.53. The van der Waals surface area contributed by atoms with Crippen molar-refractivity contribution >= 4 is 11.6 Å². The van der Waals surface area contributed by atoms with Crippen molar-refractivity contribution in [1.29, 1.82) is 0 Å². The van der Waals surface area contributed by atoms with Crippen LogP contribution in [0.2, 0.25) is 0 Å². The van der Waals surface area contributed by atoms with Crippen LogP contribution in [0.5, 0.6) is 11.5 Å². The molecule has 0 unspecified atom stereocenters. The number of amides is 1. The molecule has 1 rings (SSSR count). The molecule has 0 atom stereocenters. The normalized spacial score (nSPS) is 9.53. The molecule has 17 heavy (non-hydrogen) atoms. The summed E-state index contributed by atoms with van der Waals surface area (Å²) in [6.07, 6.45) is 0. The summed E-state index contributed by atoms with van der Waals surface area (Å²) in [4.78, 5) is 20.8. The van der Waals surface area contributed by atoms with E-state index in [0.717, 1.165) is 0 Å². The van der Waals surface area contributed by atoms with Crippen molar-refractivity contribution in [2.45, 2.75) is 0 Å². The smallest absolute Gasteiger partial charge is 0.273 e. The summed E-state index contributed by atoms with van der Waals surface area (Å²) in [5.41, 5.74) is 1.76. The predicted octanol–water partition coefficient (Wildman–Crippen LogP) is -0.0279. The van der Waals surface area contributed by atoms with E-state index in [9.17, 15) is 14.9 Å². The molecule has 8 heteroatoms. The Hall–Kier alpha value is -2.35. The number of nitro groups is 1. The van der Waals surface area contributed by atoms with Gasteiger partial charge in [0.2, 0.25) is 0 Å². The quantitative estimate of drug-likeness (QED) is 0.323. The van der Waals surface area contributed by atoms with E-state index < -0.39 is 10.8 Å². The molecule has 8 nitrogen and oxygen atoms in total. The van der Waals surface area contributed by atoms with Gasteiger partial charge in [0.05, 0.1) is 18.1 Å². The van der Waals surface area contributed by atoms with E-state index in [2.05, 4.69) is 0 Å². The second-order valence-corrected chi connectivity index (χ2v) is 2.95. The lowest BCUT2D eigenvalue weighted by atomic mass is 10.3. The van der Waals surface area contributed by atoms with Crippen molar-refractivity contribution in [3.05, 3.63) is 28.3 Å². The molecule has 0 aliphatic carbocycles. The molecule has 0 aliphatic rings. The third-order valence-corrected chi connectivity index (χ3v) is 1.88. The van der Waals surface area contributed by atoms with Gasteiger partial charge < -0.3 is 9.47 Å². The van der Waals surface area contributed by atoms with Crippen LogP contribution < -0.4 is 20.7 Å². The van der Waals surface area contributed by atoms with Gasteiger partial charge in [0.15, 0.2) is 18.1 Å². The molecule has 0 saturated carbocycles. The van der Waals surface area contributed by atoms with Crippen LogP contribution in [0.1, 0.15) is 0 Å². The van der Waals surface area contributed by atoms with E-state index in [0.29, 0.717) is 0 Å². The zero-order valence-corrected chi connectivity index (χ0v) is 9.00. The molecule has 0 fully saturated rings. The Labute approximate surface area is 96.4 Å². The average molecular weight is 241 g/mol. The SMILES string of the molecule is COc1cc([N+](=O)[O-])ccc1OCC(=O)NN. The molecule has 92 valence electrons. The third kappa shape index (κ3) is 3.31. The fourth-order valence-corrected chi connectivity index (χ4v) is 1.07. The number of nitrogens with zero attached hydrogens (tertiary/aromatic N) is 1. The molecule has 0 heterocycles. The van der Waals surface area contributed by atoms with Gasteiger partial charge in [-0.1, -0.05) is 0 Å². The molecule has 3 N–H and O–H groups in total. The first-order chi connectivity index (χ1) is 8.08. The highest BCUT2D eigenvalue weighted by atomic mass is 16.6. The van der Waals surface area contributed by atoms with Crippen molar-refractivity contribution in [3.63, 3.8) is 0 Å². The lowest BCUT2D eigenvalue weighted by Gasteiger charge is -2.09. The fraction of sp³-hybridized carbons (Fsp3) is 0.222. The van der Waals surface area contributed by atoms with Gasteiger partial charge in [-0.15, -0.1) is 0 Å². The maximum Gasteiger partial charge on any atom is 0.273 e. The maximum absolute atomic E-state index is 10.8. The number of nitro benzene ring substituents is 1. The van der Waals surface area contributed by atoms with Crippen molar-refractivity contribution in [2.24, 2.45) is 5.84 Å². The first kappa shape index (κ1) is 12.7. The van der Waals surface area contributed by atoms with Crippen molar-refractivity contribution in [3.8, 4) is 11.5 Å². The minimum Gasteiger partial charge on any atom is -0.493 e. The Bertz CT molecular complexity index is 435. The second-order valence-electron chi connectivity index (χ2n) is 2.95. The number of nitrogens with one attached hydrogen (secondary N) is 1. The molecule has 0 spiro atoms. The predicted molar refractivity (Wildman–Crippen MR) is 57.5 cm³/mol. The van der Waals surface area contributed by atoms with Gasteiger partial charge in [0.1, 0.15) is 0 Å². The number of hydrogen-bond donors (Lipinski definition) is 2. The van der Waals surface area contributed by atoms with Gasteiger partial charge >= 0.3 is 0 Å². The average Bonchev–Trinajstić information content (AvgIpc) is 2.35. The highest BCUT2D eigenvalue weighted by Crippen LogP contribution is 2.30. The number of ether oxygens (including phenoxy) is 2. The first-order valence-corrected chi connectivity index (χ1v) is 4.53. The molecular weight excluding hydrogens is 230 g/mol. The minimum atomic E-state index is -0.557. The van der Waals surface area contributed by atoms with E-state index in [1.54, 1.807) is 0 Å². The Balaban J connectivity index is 2.85. The highest BCUT2D eigenvalue weighted by molar-refractivity contribution is 5.76. The molecule has 0 saturated heterocycles. The second kappa shape index (κ2) is 5.66. The monoisotopic (exact) mass is 241 g/mol. The van der Waals surface area contributed by atoms with E-state index in [4.69, 9.17) is 15.3 Å². The van der Waals surface area contributed by atoms with E-state index in [-0.39, 0.29) is 23.8 Å². The zero-order chi connectivity index (χ0) is 12.8. The Morgan fingerprint density at radius 1 is 1.53 bits per heavy atom. The number of carbonyl (C=O) groups is 1. The maximum atomic E-state index is 10.8. The number of nitrogens with two attached hydrogens (primary N) is 1. The summed E-state index contributed by atoms with van der Waals surface area (Å²) in [6, 6.07) is 3.80. The summed E-state index contributed by atoms with van der Waals surface area (Å²) in [5.74, 6) is 4.74. The van der Waals surface area contributed by atoms with Crippen LogP contribution in [0, 0.1) is 10.1 Å². The van der Waals surface area contributed by atoms with Gasteiger partial charge in [-0.05, 0) is 6.07 Å². The number of carbonyl (C=O) groups excluding carboxylic acids is 1. The summed E-state index contributed by atoms with van der Waals surface area (Å²) < 4.78 is 9.99. The number of non-ortho nitro benzene ring substituents is 1. The summed E-state index contributed by atoms with van der Waals surface area (Å²) in [5, 5.41) is 10.5. The van der Waals surface area contributed by atoms with Crippen LogP contribution in [0.25, 0.3) is 0 Å². The highest BCUT2D eigenvalue weighted by Gasteiger charge is 2.13. The Kier molecular flexibility index (Phi) is 4.23. The molecule has 0 bridgehead atoms. The number of hydrogen-bond acceptors (Lipinski definition) is 6. The van der Waals surface area contributed by atoms with Crippen molar-refractivity contribution in [1.82, 2.24) is 5.43 Å². The molecule has 0 aliphatic heterocycles. The van der Waals surface area contributed by atoms with Gasteiger partial charge in [-0.3, -0.25) is 20.3 Å². The topological polar surface area (TPSA) is 117 Å². The van der Waals surface area contributed by atoms with E-state index >= 15 is 0 Å². The summed E-state index contributed by atoms with van der Waals surface area (Å²) in [6.45, 7) is -0.301. The van der Waals surface area contributed by atoms with E-state index in [1.165, 1.54) is 25.3 Å². The summed E-state index contributed by atoms with van der Waals surface area (Å²) in [7, 11) is 1.34. The van der Waals surface area contributed by atoms with Crippen molar-refractivity contribution in [2.75, 3.05) is 13.7 Å². The minimum absolute atomic E-state index is 0.127. The molecule has 0 radical (unpaired) electrons. The molecule has 1 amide bonds. The summed E-state index contributed by atoms with van der Waals surface area (Å²) >= 11 is 0. The number of methoxy groups -OCH3 is 1. The van der Waals surface area contributed by atoms with Crippen molar-refractivity contribution < 1.29 is 19.2 Å². The Morgan fingerprint density at radius 3 is 2.76 bits per heavy atom. The number of rotatable bonds is 5. The van der Waals surface area contributed by atoms with Gasteiger partial charge in [-0.25, -0.2) is 5.84 Å². The lowest BCUT2D eigenvalue weighted by Crippen LogP contribution is -2.34. The molecule has 1 aromatic rings. The third-order valence-electron chi connectivity index (χ3n) is 1.88. The molecular formula is C9H11N3O5. The van der Waals surface area contributed by atoms with Crippen LogP contribution >= 0.6 is 0 Å². The van der Waals surface area contributed by atoms with Gasteiger partial charge in [0, 0.05) is 6.07 Å². The molecule has 0 aromatic heterocycles. The zero-order valence-electron chi connectivity index (χ0n) is 9.00. The van der Waals surface area contributed by atoms with Gasteiger partial charge in [0.25, 0.3) is 11.6 Å². The Morgan fingerprint density at radius 2 is 2.24 bits per heavy atom.